The maximum Gasteiger partial charge on any atom is 0.244 e. The molecule has 0 spiro atoms. The summed E-state index contributed by atoms with van der Waals surface area (Å²) in [6.45, 7) is 5.00. The maximum atomic E-state index is 12.9. The number of amides is 1. The van der Waals surface area contributed by atoms with Crippen molar-refractivity contribution in [2.45, 2.75) is 17.9 Å². The van der Waals surface area contributed by atoms with E-state index in [9.17, 15) is 4.79 Å². The molecule has 3 heterocycles. The van der Waals surface area contributed by atoms with Crippen molar-refractivity contribution in [2.75, 3.05) is 43.9 Å². The molecule has 1 fully saturated rings. The van der Waals surface area contributed by atoms with Crippen LogP contribution < -0.4 is 15.4 Å². The van der Waals surface area contributed by atoms with E-state index in [1.54, 1.807) is 18.0 Å². The number of nitrogens with zero attached hydrogens (tertiary/aromatic N) is 5. The number of alkyl halides is 1. The molecule has 9 heteroatoms. The number of halogens is 1. The SMILES string of the molecule is COc1cc(N2CCN(C(=O)Cn3nc(C)c4cc(N)cnc43)CC2)ccc1CI. The van der Waals surface area contributed by atoms with Gasteiger partial charge in [-0.15, -0.1) is 0 Å². The molecule has 30 heavy (non-hydrogen) atoms. The Morgan fingerprint density at radius 3 is 2.70 bits per heavy atom. The lowest BCUT2D eigenvalue weighted by Gasteiger charge is -2.36. The molecule has 0 bridgehead atoms. The Hall–Kier alpha value is -2.56. The Morgan fingerprint density at radius 2 is 2.00 bits per heavy atom. The van der Waals surface area contributed by atoms with E-state index in [2.05, 4.69) is 55.8 Å². The summed E-state index contributed by atoms with van der Waals surface area (Å²) in [5, 5.41) is 5.38. The molecule has 1 aromatic carbocycles. The van der Waals surface area contributed by atoms with E-state index >= 15 is 0 Å². The number of hydrogen-bond donors (Lipinski definition) is 1. The van der Waals surface area contributed by atoms with E-state index < -0.39 is 0 Å². The zero-order chi connectivity index (χ0) is 21.3. The summed E-state index contributed by atoms with van der Waals surface area (Å²) < 4.78 is 8.10. The predicted octanol–water partition coefficient (Wildman–Crippen LogP) is 2.61. The van der Waals surface area contributed by atoms with Crippen molar-refractivity contribution in [3.8, 4) is 5.75 Å². The number of fused-ring (bicyclic) bond motifs is 1. The average molecular weight is 520 g/mol. The highest BCUT2D eigenvalue weighted by atomic mass is 127. The summed E-state index contributed by atoms with van der Waals surface area (Å²) in [4.78, 5) is 21.4. The molecule has 3 aromatic rings. The molecule has 0 atom stereocenters. The van der Waals surface area contributed by atoms with Crippen LogP contribution in [0.3, 0.4) is 0 Å². The maximum absolute atomic E-state index is 12.9. The van der Waals surface area contributed by atoms with Crippen molar-refractivity contribution in [1.82, 2.24) is 19.7 Å². The van der Waals surface area contributed by atoms with Gasteiger partial charge in [-0.05, 0) is 19.1 Å². The quantitative estimate of drug-likeness (QED) is 0.411. The predicted molar refractivity (Wildman–Crippen MR) is 126 cm³/mol. The standard InChI is InChI=1S/C21H25IN6O2/c1-14-18-9-16(23)12-24-21(18)28(25-14)13-20(29)27-7-5-26(6-8-27)17-4-3-15(11-22)19(10-17)30-2/h3-4,9-10,12H,5-8,11,13,23H2,1-2H3. The number of ether oxygens (including phenoxy) is 1. The van der Waals surface area contributed by atoms with Gasteiger partial charge < -0.3 is 20.3 Å². The minimum absolute atomic E-state index is 0.0514. The first kappa shape index (κ1) is 20.7. The van der Waals surface area contributed by atoms with Crippen molar-refractivity contribution in [1.29, 1.82) is 0 Å². The van der Waals surface area contributed by atoms with Gasteiger partial charge in [0.15, 0.2) is 5.65 Å². The van der Waals surface area contributed by atoms with Gasteiger partial charge in [-0.1, -0.05) is 28.7 Å². The van der Waals surface area contributed by atoms with Gasteiger partial charge in [-0.3, -0.25) is 4.79 Å². The molecule has 8 nitrogen and oxygen atoms in total. The fraction of sp³-hybridized carbons (Fsp3) is 0.381. The molecule has 0 saturated carbocycles. The number of pyridine rings is 1. The van der Waals surface area contributed by atoms with Crippen LogP contribution in [0.15, 0.2) is 30.5 Å². The molecule has 1 saturated heterocycles. The molecule has 4 rings (SSSR count). The van der Waals surface area contributed by atoms with Crippen LogP contribution in [0.5, 0.6) is 5.75 Å². The smallest absolute Gasteiger partial charge is 0.244 e. The van der Waals surface area contributed by atoms with Crippen LogP contribution in [0.4, 0.5) is 11.4 Å². The number of aromatic nitrogens is 3. The Bertz CT molecular complexity index is 1070. The number of benzene rings is 1. The summed E-state index contributed by atoms with van der Waals surface area (Å²) in [7, 11) is 1.70. The molecule has 2 aromatic heterocycles. The normalized spacial score (nSPS) is 14.4. The van der Waals surface area contributed by atoms with Gasteiger partial charge in [0.25, 0.3) is 0 Å². The third-order valence-electron chi connectivity index (χ3n) is 5.49. The molecule has 1 aliphatic heterocycles. The number of nitrogen functional groups attached to an aromatic ring is 1. The third kappa shape index (κ3) is 4.03. The fourth-order valence-corrected chi connectivity index (χ4v) is 4.45. The van der Waals surface area contributed by atoms with Crippen LogP contribution in [0.2, 0.25) is 0 Å². The first-order chi connectivity index (χ1) is 14.5. The minimum atomic E-state index is 0.0514. The molecule has 1 aliphatic rings. The Morgan fingerprint density at radius 1 is 1.23 bits per heavy atom. The second kappa shape index (κ2) is 8.66. The number of carbonyl (C=O) groups is 1. The van der Waals surface area contributed by atoms with Crippen molar-refractivity contribution >= 4 is 50.9 Å². The van der Waals surface area contributed by atoms with Crippen molar-refractivity contribution in [3.63, 3.8) is 0 Å². The number of piperazine rings is 1. The summed E-state index contributed by atoms with van der Waals surface area (Å²) in [6.07, 6.45) is 1.60. The highest BCUT2D eigenvalue weighted by Gasteiger charge is 2.23. The highest BCUT2D eigenvalue weighted by molar-refractivity contribution is 14.1. The first-order valence-corrected chi connectivity index (χ1v) is 11.4. The molecule has 1 amide bonds. The number of aryl methyl sites for hydroxylation is 1. The lowest BCUT2D eigenvalue weighted by Crippen LogP contribution is -2.49. The zero-order valence-corrected chi connectivity index (χ0v) is 19.3. The van der Waals surface area contributed by atoms with Gasteiger partial charge in [0.2, 0.25) is 5.91 Å². The fourth-order valence-electron chi connectivity index (χ4n) is 3.82. The average Bonchev–Trinajstić information content (AvgIpc) is 3.07. The molecule has 158 valence electrons. The monoisotopic (exact) mass is 520 g/mol. The molecular formula is C21H25IN6O2. The van der Waals surface area contributed by atoms with Crippen molar-refractivity contribution in [2.24, 2.45) is 0 Å². The number of methoxy groups -OCH3 is 1. The number of anilines is 2. The minimum Gasteiger partial charge on any atom is -0.496 e. The van der Waals surface area contributed by atoms with Crippen LogP contribution in [0.25, 0.3) is 11.0 Å². The van der Waals surface area contributed by atoms with Crippen molar-refractivity contribution < 1.29 is 9.53 Å². The highest BCUT2D eigenvalue weighted by Crippen LogP contribution is 2.28. The number of hydrogen-bond acceptors (Lipinski definition) is 6. The van der Waals surface area contributed by atoms with E-state index in [4.69, 9.17) is 10.5 Å². The molecule has 0 aliphatic carbocycles. The van der Waals surface area contributed by atoms with Crippen molar-refractivity contribution in [3.05, 3.63) is 41.7 Å². The second-order valence-corrected chi connectivity index (χ2v) is 8.14. The van der Waals surface area contributed by atoms with E-state index in [0.29, 0.717) is 24.4 Å². The molecule has 0 radical (unpaired) electrons. The summed E-state index contributed by atoms with van der Waals surface area (Å²) in [6, 6.07) is 8.18. The van der Waals surface area contributed by atoms with Gasteiger partial charge in [0.05, 0.1) is 24.7 Å². The van der Waals surface area contributed by atoms with Crippen LogP contribution in [0, 0.1) is 6.92 Å². The van der Waals surface area contributed by atoms with Gasteiger partial charge in [0, 0.05) is 53.3 Å². The number of nitrogens with two attached hydrogens (primary N) is 1. The van der Waals surface area contributed by atoms with Gasteiger partial charge in [-0.2, -0.15) is 5.10 Å². The van der Waals surface area contributed by atoms with E-state index in [0.717, 1.165) is 40.0 Å². The zero-order valence-electron chi connectivity index (χ0n) is 17.1. The summed E-state index contributed by atoms with van der Waals surface area (Å²) in [5.74, 6) is 0.963. The Balaban J connectivity index is 1.42. The lowest BCUT2D eigenvalue weighted by molar-refractivity contribution is -0.132. The Kier molecular flexibility index (Phi) is 5.98. The van der Waals surface area contributed by atoms with Gasteiger partial charge >= 0.3 is 0 Å². The summed E-state index contributed by atoms with van der Waals surface area (Å²) in [5.41, 5.74) is 10.3. The Labute approximate surface area is 189 Å². The van der Waals surface area contributed by atoms with Gasteiger partial charge in [0.1, 0.15) is 12.3 Å². The third-order valence-corrected chi connectivity index (χ3v) is 6.31. The van der Waals surface area contributed by atoms with Gasteiger partial charge in [-0.25, -0.2) is 9.67 Å². The lowest BCUT2D eigenvalue weighted by atomic mass is 10.1. The van der Waals surface area contributed by atoms with Crippen LogP contribution in [-0.4, -0.2) is 58.9 Å². The van der Waals surface area contributed by atoms with E-state index in [1.165, 1.54) is 5.56 Å². The number of carbonyl (C=O) groups excluding carboxylic acids is 1. The molecular weight excluding hydrogens is 495 g/mol. The second-order valence-electron chi connectivity index (χ2n) is 7.38. The van der Waals surface area contributed by atoms with Crippen LogP contribution in [-0.2, 0) is 15.8 Å². The molecule has 0 unspecified atom stereocenters. The topological polar surface area (TPSA) is 89.5 Å². The van der Waals surface area contributed by atoms with E-state index in [1.807, 2.05) is 17.9 Å². The van der Waals surface area contributed by atoms with E-state index in [-0.39, 0.29) is 12.5 Å². The largest absolute Gasteiger partial charge is 0.496 e. The molecule has 2 N–H and O–H groups in total. The first-order valence-electron chi connectivity index (χ1n) is 9.84. The number of rotatable bonds is 5. The summed E-state index contributed by atoms with van der Waals surface area (Å²) >= 11 is 2.34. The van der Waals surface area contributed by atoms with Crippen LogP contribution >= 0.6 is 22.6 Å². The van der Waals surface area contributed by atoms with Crippen LogP contribution in [0.1, 0.15) is 11.3 Å².